The normalized spacial score (nSPS) is 16.1. The standard InChI is InChI=1S/C23H32N4O.H2/c1-18-19(8-6-12-24-18)22(28)20-9-5-10-21(25-20)27-14-7-13-26(16-17-27)15-11-23(2,3)4;/h5-6,8-10,12H,7,11,13-17H2,1-4H3;1H. The average Bonchev–Trinajstić information content (AvgIpc) is 2.91. The van der Waals surface area contributed by atoms with E-state index in [0.717, 1.165) is 50.7 Å². The van der Waals surface area contributed by atoms with Crippen LogP contribution in [0.15, 0.2) is 36.5 Å². The topological polar surface area (TPSA) is 49.3 Å². The van der Waals surface area contributed by atoms with E-state index in [4.69, 9.17) is 4.98 Å². The molecule has 0 aliphatic carbocycles. The fourth-order valence-corrected chi connectivity index (χ4v) is 3.51. The summed E-state index contributed by atoms with van der Waals surface area (Å²) < 4.78 is 0. The summed E-state index contributed by atoms with van der Waals surface area (Å²) in [5.41, 5.74) is 2.22. The molecule has 3 heterocycles. The van der Waals surface area contributed by atoms with Gasteiger partial charge in [-0.3, -0.25) is 9.78 Å². The second kappa shape index (κ2) is 8.82. The lowest BCUT2D eigenvalue weighted by Gasteiger charge is -2.26. The van der Waals surface area contributed by atoms with Crippen LogP contribution in [0.5, 0.6) is 0 Å². The molecule has 28 heavy (non-hydrogen) atoms. The summed E-state index contributed by atoms with van der Waals surface area (Å²) in [6, 6.07) is 9.36. The molecule has 0 amide bonds. The quantitative estimate of drug-likeness (QED) is 0.725. The Morgan fingerprint density at radius 1 is 1.11 bits per heavy atom. The van der Waals surface area contributed by atoms with E-state index in [9.17, 15) is 4.79 Å². The highest BCUT2D eigenvalue weighted by Crippen LogP contribution is 2.21. The summed E-state index contributed by atoms with van der Waals surface area (Å²) in [6.07, 6.45) is 4.03. The van der Waals surface area contributed by atoms with Crippen molar-refractivity contribution in [2.45, 2.75) is 40.5 Å². The van der Waals surface area contributed by atoms with Gasteiger partial charge in [0.15, 0.2) is 0 Å². The van der Waals surface area contributed by atoms with Gasteiger partial charge in [0, 0.05) is 38.5 Å². The van der Waals surface area contributed by atoms with Gasteiger partial charge < -0.3 is 9.80 Å². The van der Waals surface area contributed by atoms with Crippen LogP contribution in [0.4, 0.5) is 5.82 Å². The summed E-state index contributed by atoms with van der Waals surface area (Å²) in [4.78, 5) is 26.7. The number of anilines is 1. The summed E-state index contributed by atoms with van der Waals surface area (Å²) in [6.45, 7) is 14.0. The van der Waals surface area contributed by atoms with Crippen molar-refractivity contribution in [2.75, 3.05) is 37.6 Å². The van der Waals surface area contributed by atoms with Crippen LogP contribution in [0.3, 0.4) is 0 Å². The number of aryl methyl sites for hydroxylation is 1. The molecule has 0 N–H and O–H groups in total. The highest BCUT2D eigenvalue weighted by atomic mass is 16.1. The lowest BCUT2D eigenvalue weighted by Crippen LogP contribution is -2.33. The Bertz CT molecular complexity index is 819. The van der Waals surface area contributed by atoms with Crippen LogP contribution in [0, 0.1) is 12.3 Å². The smallest absolute Gasteiger partial charge is 0.213 e. The van der Waals surface area contributed by atoms with E-state index in [1.165, 1.54) is 6.42 Å². The molecule has 152 valence electrons. The largest absolute Gasteiger partial charge is 0.355 e. The first-order valence-corrected chi connectivity index (χ1v) is 10.2. The van der Waals surface area contributed by atoms with E-state index in [1.54, 1.807) is 18.3 Å². The number of hydrogen-bond donors (Lipinski definition) is 0. The Hall–Kier alpha value is -2.27. The van der Waals surface area contributed by atoms with Gasteiger partial charge in [-0.2, -0.15) is 0 Å². The van der Waals surface area contributed by atoms with Gasteiger partial charge >= 0.3 is 0 Å². The Balaban J connectivity index is 0.00000300. The lowest BCUT2D eigenvalue weighted by atomic mass is 9.92. The molecule has 0 aromatic carbocycles. The minimum Gasteiger partial charge on any atom is -0.355 e. The predicted octanol–water partition coefficient (Wildman–Crippen LogP) is 4.21. The molecule has 3 rings (SSSR count). The first-order valence-electron chi connectivity index (χ1n) is 10.2. The van der Waals surface area contributed by atoms with Crippen molar-refractivity contribution in [2.24, 2.45) is 5.41 Å². The molecule has 5 nitrogen and oxygen atoms in total. The molecule has 0 unspecified atom stereocenters. The van der Waals surface area contributed by atoms with Gasteiger partial charge in [0.25, 0.3) is 0 Å². The number of hydrogen-bond acceptors (Lipinski definition) is 5. The van der Waals surface area contributed by atoms with E-state index in [1.807, 2.05) is 25.1 Å². The SMILES string of the molecule is Cc1ncccc1C(=O)c1cccc(N2CCCN(CCC(C)(C)C)CC2)n1.[HH]. The number of rotatable bonds is 5. The maximum Gasteiger partial charge on any atom is 0.213 e. The third-order valence-corrected chi connectivity index (χ3v) is 5.31. The fraction of sp³-hybridized carbons (Fsp3) is 0.522. The van der Waals surface area contributed by atoms with E-state index in [0.29, 0.717) is 16.7 Å². The van der Waals surface area contributed by atoms with Crippen molar-refractivity contribution in [3.63, 3.8) is 0 Å². The van der Waals surface area contributed by atoms with Crippen molar-refractivity contribution >= 4 is 11.6 Å². The number of carbonyl (C=O) groups excluding carboxylic acids is 1. The minimum atomic E-state index is -0.0610. The molecule has 0 radical (unpaired) electrons. The second-order valence-corrected chi connectivity index (χ2v) is 8.84. The van der Waals surface area contributed by atoms with Gasteiger partial charge in [-0.1, -0.05) is 26.8 Å². The Morgan fingerprint density at radius 2 is 1.93 bits per heavy atom. The fourth-order valence-electron chi connectivity index (χ4n) is 3.51. The van der Waals surface area contributed by atoms with Crippen LogP contribution in [0.25, 0.3) is 0 Å². The van der Waals surface area contributed by atoms with E-state index in [-0.39, 0.29) is 7.21 Å². The summed E-state index contributed by atoms with van der Waals surface area (Å²) in [5, 5.41) is 0. The van der Waals surface area contributed by atoms with Gasteiger partial charge in [0.2, 0.25) is 5.78 Å². The summed E-state index contributed by atoms with van der Waals surface area (Å²) in [7, 11) is 0. The van der Waals surface area contributed by atoms with Crippen molar-refractivity contribution in [1.82, 2.24) is 14.9 Å². The summed E-state index contributed by atoms with van der Waals surface area (Å²) in [5.74, 6) is 0.833. The number of carbonyl (C=O) groups is 1. The van der Waals surface area contributed by atoms with Crippen LogP contribution in [-0.2, 0) is 0 Å². The van der Waals surface area contributed by atoms with Gasteiger partial charge in [-0.25, -0.2) is 4.98 Å². The molecule has 0 saturated carbocycles. The van der Waals surface area contributed by atoms with Crippen LogP contribution in [0.1, 0.15) is 56.8 Å². The first-order chi connectivity index (χ1) is 13.3. The molecule has 1 saturated heterocycles. The highest BCUT2D eigenvalue weighted by Gasteiger charge is 2.20. The third-order valence-electron chi connectivity index (χ3n) is 5.31. The minimum absolute atomic E-state index is 0. The van der Waals surface area contributed by atoms with E-state index < -0.39 is 0 Å². The predicted molar refractivity (Wildman–Crippen MR) is 116 cm³/mol. The first kappa shape index (κ1) is 20.5. The molecule has 2 aromatic rings. The zero-order chi connectivity index (χ0) is 20.1. The number of aromatic nitrogens is 2. The maximum atomic E-state index is 12.9. The summed E-state index contributed by atoms with van der Waals surface area (Å²) >= 11 is 0. The van der Waals surface area contributed by atoms with Gasteiger partial charge in [0.05, 0.1) is 0 Å². The van der Waals surface area contributed by atoms with Crippen molar-refractivity contribution in [1.29, 1.82) is 0 Å². The zero-order valence-electron chi connectivity index (χ0n) is 17.6. The second-order valence-electron chi connectivity index (χ2n) is 8.84. The Labute approximate surface area is 170 Å². The molecule has 2 aromatic heterocycles. The third kappa shape index (κ3) is 5.38. The number of ketones is 1. The number of pyridine rings is 2. The van der Waals surface area contributed by atoms with Crippen molar-refractivity contribution in [3.05, 3.63) is 53.5 Å². The monoisotopic (exact) mass is 382 g/mol. The molecule has 1 fully saturated rings. The Kier molecular flexibility index (Phi) is 6.45. The number of nitrogens with zero attached hydrogens (tertiary/aromatic N) is 4. The van der Waals surface area contributed by atoms with Crippen LogP contribution < -0.4 is 4.90 Å². The molecule has 1 aliphatic heterocycles. The molecule has 5 heteroatoms. The molecule has 0 atom stereocenters. The van der Waals surface area contributed by atoms with Crippen LogP contribution >= 0.6 is 0 Å². The molecular formula is C23H34N4O. The van der Waals surface area contributed by atoms with E-state index in [2.05, 4.69) is 35.6 Å². The van der Waals surface area contributed by atoms with Gasteiger partial charge in [-0.05, 0) is 62.5 Å². The highest BCUT2D eigenvalue weighted by molar-refractivity contribution is 6.08. The van der Waals surface area contributed by atoms with Gasteiger partial charge in [-0.15, -0.1) is 0 Å². The maximum absolute atomic E-state index is 12.9. The lowest BCUT2D eigenvalue weighted by molar-refractivity contribution is 0.103. The van der Waals surface area contributed by atoms with Crippen LogP contribution in [-0.4, -0.2) is 53.4 Å². The van der Waals surface area contributed by atoms with Gasteiger partial charge in [0.1, 0.15) is 11.5 Å². The van der Waals surface area contributed by atoms with Crippen molar-refractivity contribution in [3.8, 4) is 0 Å². The molecule has 1 aliphatic rings. The van der Waals surface area contributed by atoms with Crippen LogP contribution in [0.2, 0.25) is 0 Å². The molecular weight excluding hydrogens is 348 g/mol. The average molecular weight is 383 g/mol. The molecule has 0 spiro atoms. The zero-order valence-corrected chi connectivity index (χ0v) is 17.6. The van der Waals surface area contributed by atoms with Crippen molar-refractivity contribution < 1.29 is 6.22 Å². The van der Waals surface area contributed by atoms with E-state index >= 15 is 0 Å². The molecule has 0 bridgehead atoms. The Morgan fingerprint density at radius 3 is 2.68 bits per heavy atom.